The fraction of sp³-hybridized carbons (Fsp3) is 0.219. The van der Waals surface area contributed by atoms with Gasteiger partial charge < -0.3 is 15.2 Å². The van der Waals surface area contributed by atoms with Crippen molar-refractivity contribution in [1.82, 2.24) is 4.98 Å². The van der Waals surface area contributed by atoms with Crippen LogP contribution in [-0.2, 0) is 11.4 Å². The molecule has 7 nitrogen and oxygen atoms in total. The summed E-state index contributed by atoms with van der Waals surface area (Å²) in [4.78, 5) is 33.5. The van der Waals surface area contributed by atoms with Crippen molar-refractivity contribution in [2.45, 2.75) is 39.3 Å². The predicted octanol–water partition coefficient (Wildman–Crippen LogP) is 7.93. The van der Waals surface area contributed by atoms with Crippen molar-refractivity contribution >= 4 is 50.3 Å². The van der Waals surface area contributed by atoms with Gasteiger partial charge in [0.15, 0.2) is 11.5 Å². The molecule has 6 rings (SSSR count). The van der Waals surface area contributed by atoms with Crippen LogP contribution in [0.4, 0.5) is 20.2 Å². The Balaban J connectivity index is 1.56. The number of fused-ring (bicyclic) bond motifs is 1. The summed E-state index contributed by atoms with van der Waals surface area (Å²) in [6.45, 7) is 3.92. The highest BCUT2D eigenvalue weighted by Crippen LogP contribution is 2.51. The van der Waals surface area contributed by atoms with Gasteiger partial charge in [0.1, 0.15) is 39.2 Å². The van der Waals surface area contributed by atoms with E-state index in [9.17, 15) is 14.7 Å². The van der Waals surface area contributed by atoms with Crippen LogP contribution in [-0.4, -0.2) is 21.8 Å². The predicted molar refractivity (Wildman–Crippen MR) is 163 cm³/mol. The van der Waals surface area contributed by atoms with E-state index in [-0.39, 0.29) is 53.0 Å². The number of rotatable bonds is 5. The Morgan fingerprint density at radius 2 is 1.86 bits per heavy atom. The SMILES string of the molecule is CC1(C)CC(=O)C2=C(C1)Nc1c(O)cccc1N(C(=O)c1ncsc1Br)C2c1c(F)cc(OCc2ccccc2)cc1F. The Labute approximate surface area is 259 Å². The van der Waals surface area contributed by atoms with Gasteiger partial charge in [-0.05, 0) is 45.5 Å². The first-order valence-electron chi connectivity index (χ1n) is 13.5. The van der Waals surface area contributed by atoms with E-state index in [1.165, 1.54) is 29.0 Å². The molecule has 2 aliphatic rings. The second-order valence-electron chi connectivity index (χ2n) is 11.3. The summed E-state index contributed by atoms with van der Waals surface area (Å²) in [5.74, 6) is -3.29. The number of phenols is 1. The minimum absolute atomic E-state index is 0.000520. The first-order chi connectivity index (χ1) is 20.5. The average Bonchev–Trinajstić information content (AvgIpc) is 3.32. The van der Waals surface area contributed by atoms with E-state index in [2.05, 4.69) is 26.2 Å². The number of allylic oxidation sites excluding steroid dienone is 1. The summed E-state index contributed by atoms with van der Waals surface area (Å²) in [6, 6.07) is 14.3. The van der Waals surface area contributed by atoms with E-state index < -0.39 is 34.6 Å². The molecule has 1 atom stereocenters. The van der Waals surface area contributed by atoms with Crippen LogP contribution in [0.15, 0.2) is 81.2 Å². The Morgan fingerprint density at radius 1 is 1.14 bits per heavy atom. The lowest BCUT2D eigenvalue weighted by Gasteiger charge is -2.37. The van der Waals surface area contributed by atoms with Crippen molar-refractivity contribution in [2.75, 3.05) is 10.2 Å². The molecule has 1 aromatic heterocycles. The second kappa shape index (κ2) is 11.2. The van der Waals surface area contributed by atoms with Gasteiger partial charge in [0.2, 0.25) is 0 Å². The van der Waals surface area contributed by atoms with Crippen LogP contribution in [0.3, 0.4) is 0 Å². The number of thiazole rings is 1. The lowest BCUT2D eigenvalue weighted by molar-refractivity contribution is -0.118. The van der Waals surface area contributed by atoms with Crippen LogP contribution >= 0.6 is 27.3 Å². The standard InChI is InChI=1S/C32H26BrF2N3O4S/c1-32(2)13-21-26(24(40)14-32)29(25-19(34)11-18(12-20(25)35)42-15-17-7-4-3-5-8-17)38(31(41)28-30(33)43-16-36-28)22-9-6-10-23(39)27(22)37-21/h3-12,16,29,37,39H,13-15H2,1-2H3. The molecule has 0 bridgehead atoms. The van der Waals surface area contributed by atoms with Crippen LogP contribution in [0.1, 0.15) is 54.3 Å². The van der Waals surface area contributed by atoms with Crippen LogP contribution in [0.2, 0.25) is 0 Å². The number of aromatic hydroxyl groups is 1. The highest BCUT2D eigenvalue weighted by Gasteiger charge is 2.46. The molecule has 0 saturated heterocycles. The monoisotopic (exact) mass is 665 g/mol. The number of para-hydroxylation sites is 1. The van der Waals surface area contributed by atoms with Crippen LogP contribution < -0.4 is 15.0 Å². The number of hydrogen-bond donors (Lipinski definition) is 2. The molecule has 0 fully saturated rings. The zero-order valence-electron chi connectivity index (χ0n) is 23.2. The van der Waals surface area contributed by atoms with Gasteiger partial charge in [-0.2, -0.15) is 0 Å². The first kappa shape index (κ1) is 29.0. The first-order valence-corrected chi connectivity index (χ1v) is 15.1. The Morgan fingerprint density at radius 3 is 2.53 bits per heavy atom. The van der Waals surface area contributed by atoms with Gasteiger partial charge in [-0.3, -0.25) is 14.5 Å². The molecule has 0 radical (unpaired) electrons. The van der Waals surface area contributed by atoms with Gasteiger partial charge in [0.25, 0.3) is 5.91 Å². The summed E-state index contributed by atoms with van der Waals surface area (Å²) in [7, 11) is 0. The third-order valence-corrected chi connectivity index (χ3v) is 9.07. The number of ketones is 1. The zero-order chi connectivity index (χ0) is 30.5. The van der Waals surface area contributed by atoms with E-state index in [4.69, 9.17) is 4.74 Å². The van der Waals surface area contributed by atoms with Crippen LogP contribution in [0.25, 0.3) is 0 Å². The number of carbonyl (C=O) groups is 2. The molecule has 220 valence electrons. The molecule has 0 saturated carbocycles. The largest absolute Gasteiger partial charge is 0.506 e. The topological polar surface area (TPSA) is 91.8 Å². The Bertz CT molecular complexity index is 1770. The third kappa shape index (κ3) is 5.43. The number of benzene rings is 3. The number of anilines is 2. The van der Waals surface area contributed by atoms with Crippen molar-refractivity contribution in [2.24, 2.45) is 5.41 Å². The van der Waals surface area contributed by atoms with Crippen LogP contribution in [0.5, 0.6) is 11.5 Å². The average molecular weight is 667 g/mol. The molecule has 4 aromatic rings. The van der Waals surface area contributed by atoms with Crippen molar-refractivity contribution in [3.05, 3.63) is 110 Å². The maximum Gasteiger partial charge on any atom is 0.279 e. The van der Waals surface area contributed by atoms with E-state index >= 15 is 8.78 Å². The molecule has 2 heterocycles. The number of carbonyl (C=O) groups excluding carboxylic acids is 2. The molecule has 0 spiro atoms. The molecule has 1 aliphatic carbocycles. The van der Waals surface area contributed by atoms with E-state index in [1.54, 1.807) is 6.07 Å². The second-order valence-corrected chi connectivity index (χ2v) is 13.4. The van der Waals surface area contributed by atoms with Crippen molar-refractivity contribution in [3.63, 3.8) is 0 Å². The van der Waals surface area contributed by atoms with E-state index in [1.807, 2.05) is 44.2 Å². The summed E-state index contributed by atoms with van der Waals surface area (Å²) in [5.41, 5.74) is 2.01. The number of nitrogens with one attached hydrogen (secondary N) is 1. The fourth-order valence-electron chi connectivity index (χ4n) is 5.67. The molecule has 3 aromatic carbocycles. The number of Topliss-reactive ketones (excluding diaryl/α,β-unsaturated/α-hetero) is 1. The van der Waals surface area contributed by atoms with Gasteiger partial charge in [0.05, 0.1) is 22.8 Å². The zero-order valence-corrected chi connectivity index (χ0v) is 25.6. The van der Waals surface area contributed by atoms with Gasteiger partial charge in [-0.15, -0.1) is 11.3 Å². The molecule has 1 aliphatic heterocycles. The summed E-state index contributed by atoms with van der Waals surface area (Å²) >= 11 is 4.52. The molecule has 11 heteroatoms. The number of hydrogen-bond acceptors (Lipinski definition) is 7. The quantitative estimate of drug-likeness (QED) is 0.210. The van der Waals surface area contributed by atoms with Crippen molar-refractivity contribution < 1.29 is 28.2 Å². The van der Waals surface area contributed by atoms with Gasteiger partial charge in [-0.1, -0.05) is 50.2 Å². The fourth-order valence-corrected chi connectivity index (χ4v) is 6.70. The number of aromatic nitrogens is 1. The molecule has 1 unspecified atom stereocenters. The summed E-state index contributed by atoms with van der Waals surface area (Å²) in [5, 5.41) is 14.1. The molecular formula is C32H26BrF2N3O4S. The maximum atomic E-state index is 16.2. The highest BCUT2D eigenvalue weighted by atomic mass is 79.9. The Kier molecular flexibility index (Phi) is 7.55. The summed E-state index contributed by atoms with van der Waals surface area (Å²) < 4.78 is 38.5. The maximum absolute atomic E-state index is 16.2. The van der Waals surface area contributed by atoms with E-state index in [0.717, 1.165) is 22.6 Å². The minimum Gasteiger partial charge on any atom is -0.506 e. The highest BCUT2D eigenvalue weighted by molar-refractivity contribution is 9.11. The number of amides is 1. The number of phenolic OH excluding ortho intramolecular Hbond substituents is 1. The molecular weight excluding hydrogens is 640 g/mol. The van der Waals surface area contributed by atoms with Gasteiger partial charge in [-0.25, -0.2) is 13.8 Å². The number of nitrogens with zero attached hydrogens (tertiary/aromatic N) is 2. The van der Waals surface area contributed by atoms with E-state index in [0.29, 0.717) is 15.9 Å². The molecule has 43 heavy (non-hydrogen) atoms. The number of halogens is 3. The van der Waals surface area contributed by atoms with Gasteiger partial charge in [0, 0.05) is 29.8 Å². The van der Waals surface area contributed by atoms with Crippen molar-refractivity contribution in [3.8, 4) is 11.5 Å². The lowest BCUT2D eigenvalue weighted by atomic mass is 9.73. The Hall–Kier alpha value is -4.09. The molecule has 2 N–H and O–H groups in total. The van der Waals surface area contributed by atoms with Crippen LogP contribution in [0, 0.1) is 17.0 Å². The van der Waals surface area contributed by atoms with Gasteiger partial charge >= 0.3 is 0 Å². The minimum atomic E-state index is -1.52. The summed E-state index contributed by atoms with van der Waals surface area (Å²) in [6.07, 6.45) is 0.429. The van der Waals surface area contributed by atoms with Crippen molar-refractivity contribution in [1.29, 1.82) is 0 Å². The number of ether oxygens (including phenoxy) is 1. The smallest absolute Gasteiger partial charge is 0.279 e. The third-order valence-electron chi connectivity index (χ3n) is 7.53. The normalized spacial score (nSPS) is 17.6. The molecule has 1 amide bonds. The lowest BCUT2D eigenvalue weighted by Crippen LogP contribution is -2.40.